The SMILES string of the molecule is CC1(C)c2ccccc2-c2ccc(-c3ccc(-c4cc(-c5c6ccccc6c(-c6ccc7ccccc7c6)c6ccccc56)c5ccccc5c4)cc3)cc21.CC1(C)c2ccccc2-c2ccc(-c3ccc(-c4cc(-c5c6ccccc6c(-c6ccccc6)c6ccccc56)c5ccccc5c4)cc3)cc21. The largest absolute Gasteiger partial charge is 0.0622 e. The van der Waals surface area contributed by atoms with E-state index in [4.69, 9.17) is 0 Å². The first-order valence-electron chi connectivity index (χ1n) is 37.3. The fourth-order valence-corrected chi connectivity index (χ4v) is 18.3. The highest BCUT2D eigenvalue weighted by atomic mass is 14.4. The van der Waals surface area contributed by atoms with Crippen LogP contribution in [-0.2, 0) is 10.8 Å². The van der Waals surface area contributed by atoms with Gasteiger partial charge < -0.3 is 0 Å². The van der Waals surface area contributed by atoms with E-state index in [0.29, 0.717) is 0 Å². The molecule has 19 aromatic rings. The van der Waals surface area contributed by atoms with Crippen LogP contribution in [0.25, 0.3) is 187 Å². The van der Waals surface area contributed by atoms with Crippen molar-refractivity contribution in [2.45, 2.75) is 38.5 Å². The van der Waals surface area contributed by atoms with Gasteiger partial charge >= 0.3 is 0 Å². The third-order valence-electron chi connectivity index (χ3n) is 23.5. The Labute approximate surface area is 619 Å². The number of fused-ring (bicyclic) bond motifs is 13. The average Bonchev–Trinajstić information content (AvgIpc) is 1.19. The molecule has 0 aromatic heterocycles. The Hall–Kier alpha value is -13.0. The molecule has 0 heterocycles. The highest BCUT2D eigenvalue weighted by molar-refractivity contribution is 6.26. The van der Waals surface area contributed by atoms with Crippen molar-refractivity contribution in [1.82, 2.24) is 0 Å². The van der Waals surface area contributed by atoms with Crippen LogP contribution in [0.3, 0.4) is 0 Å². The Morgan fingerprint density at radius 1 is 0.142 bits per heavy atom. The third-order valence-corrected chi connectivity index (χ3v) is 23.5. The first-order chi connectivity index (χ1) is 52.1. The predicted octanol–water partition coefficient (Wildman–Crippen LogP) is 29.4. The van der Waals surface area contributed by atoms with Gasteiger partial charge in [0.05, 0.1) is 0 Å². The van der Waals surface area contributed by atoms with E-state index in [9.17, 15) is 0 Å². The van der Waals surface area contributed by atoms with Crippen molar-refractivity contribution in [3.05, 3.63) is 398 Å². The topological polar surface area (TPSA) is 0 Å². The second-order valence-corrected chi connectivity index (χ2v) is 30.1. The highest BCUT2D eigenvalue weighted by Crippen LogP contribution is 2.54. The molecule has 0 fully saturated rings. The van der Waals surface area contributed by atoms with Gasteiger partial charge in [0.2, 0.25) is 0 Å². The van der Waals surface area contributed by atoms with Crippen LogP contribution in [0.1, 0.15) is 49.9 Å². The minimum atomic E-state index is -0.0224. The van der Waals surface area contributed by atoms with Gasteiger partial charge in [-0.2, -0.15) is 0 Å². The van der Waals surface area contributed by atoms with E-state index in [2.05, 4.69) is 404 Å². The van der Waals surface area contributed by atoms with Gasteiger partial charge in [-0.1, -0.05) is 361 Å². The van der Waals surface area contributed by atoms with Crippen LogP contribution in [0.15, 0.2) is 376 Å². The van der Waals surface area contributed by atoms with E-state index in [1.807, 2.05) is 0 Å². The zero-order chi connectivity index (χ0) is 70.8. The molecule has 498 valence electrons. The van der Waals surface area contributed by atoms with Gasteiger partial charge in [0.15, 0.2) is 0 Å². The molecule has 19 aromatic carbocycles. The monoisotopic (exact) mass is 1350 g/mol. The van der Waals surface area contributed by atoms with Crippen LogP contribution >= 0.6 is 0 Å². The fraction of sp³-hybridized carbons (Fsp3) is 0.0566. The van der Waals surface area contributed by atoms with E-state index in [1.54, 1.807) is 0 Å². The van der Waals surface area contributed by atoms with Gasteiger partial charge in [-0.15, -0.1) is 0 Å². The summed E-state index contributed by atoms with van der Waals surface area (Å²) in [6, 6.07) is 140. The maximum Gasteiger partial charge on any atom is 0.0159 e. The molecular formula is C106H74. The summed E-state index contributed by atoms with van der Waals surface area (Å²) >= 11 is 0. The molecule has 0 bridgehead atoms. The molecule has 0 atom stereocenters. The molecule has 106 heavy (non-hydrogen) atoms. The first-order valence-corrected chi connectivity index (χ1v) is 37.3. The van der Waals surface area contributed by atoms with Crippen LogP contribution in [0.2, 0.25) is 0 Å². The van der Waals surface area contributed by atoms with Crippen molar-refractivity contribution in [3.63, 3.8) is 0 Å². The smallest absolute Gasteiger partial charge is 0.0159 e. The van der Waals surface area contributed by atoms with E-state index in [-0.39, 0.29) is 10.8 Å². The molecule has 0 saturated carbocycles. The van der Waals surface area contributed by atoms with Crippen molar-refractivity contribution in [2.24, 2.45) is 0 Å². The van der Waals surface area contributed by atoms with Crippen molar-refractivity contribution < 1.29 is 0 Å². The van der Waals surface area contributed by atoms with E-state index in [1.165, 1.54) is 209 Å². The highest BCUT2D eigenvalue weighted by Gasteiger charge is 2.37. The van der Waals surface area contributed by atoms with Crippen LogP contribution in [0.5, 0.6) is 0 Å². The quantitative estimate of drug-likeness (QED) is 0.133. The van der Waals surface area contributed by atoms with Gasteiger partial charge in [0.1, 0.15) is 0 Å². The maximum absolute atomic E-state index is 2.43. The number of hydrogen-bond donors (Lipinski definition) is 0. The Balaban J connectivity index is 0.000000141. The zero-order valence-electron chi connectivity index (χ0n) is 59.8. The summed E-state index contributed by atoms with van der Waals surface area (Å²) in [6.07, 6.45) is 0. The van der Waals surface area contributed by atoms with Gasteiger partial charge in [-0.05, 0) is 251 Å². The second-order valence-electron chi connectivity index (χ2n) is 30.1. The molecule has 0 radical (unpaired) electrons. The fourth-order valence-electron chi connectivity index (χ4n) is 18.3. The van der Waals surface area contributed by atoms with Crippen molar-refractivity contribution in [1.29, 1.82) is 0 Å². The summed E-state index contributed by atoms with van der Waals surface area (Å²) in [5, 5.41) is 17.7. The van der Waals surface area contributed by atoms with Crippen LogP contribution in [-0.4, -0.2) is 0 Å². The summed E-state index contributed by atoms with van der Waals surface area (Å²) in [7, 11) is 0. The van der Waals surface area contributed by atoms with Crippen LogP contribution in [0, 0.1) is 0 Å². The lowest BCUT2D eigenvalue weighted by Gasteiger charge is -2.22. The second kappa shape index (κ2) is 24.9. The van der Waals surface area contributed by atoms with Gasteiger partial charge in [0.25, 0.3) is 0 Å². The molecule has 0 amide bonds. The van der Waals surface area contributed by atoms with Gasteiger partial charge in [0, 0.05) is 10.8 Å². The van der Waals surface area contributed by atoms with Crippen molar-refractivity contribution in [2.75, 3.05) is 0 Å². The number of hydrogen-bond acceptors (Lipinski definition) is 0. The molecule has 0 spiro atoms. The Morgan fingerprint density at radius 2 is 0.425 bits per heavy atom. The molecule has 2 aliphatic rings. The standard InChI is InChI=1S/C55H38.C51H36/c1-55(2)51-22-12-11-17-44(51)45-30-29-39(34-52(45)55)36-23-25-37(26-24-36)42-32-40-15-5-6-16-43(40)50(33-42)54-48-20-9-7-18-46(48)53(47-19-8-10-21-49(47)54)41-28-27-35-13-3-4-14-38(35)31-41;1-51(2)47-23-13-12-18-40(47)41-29-28-36(32-48(41)51)33-24-26-34(27-25-33)38-30-37-16-6-7-17-39(37)46(31-38)50-44-21-10-8-19-42(44)49(35-14-4-3-5-15-35)43-20-9-11-22-45(43)50/h3-34H,1-2H3;3-32H,1-2H3. The lowest BCUT2D eigenvalue weighted by atomic mass is 9.81. The molecule has 21 rings (SSSR count). The van der Waals surface area contributed by atoms with Gasteiger partial charge in [-0.3, -0.25) is 0 Å². The normalized spacial score (nSPS) is 13.1. The van der Waals surface area contributed by atoms with E-state index < -0.39 is 0 Å². The molecule has 0 aliphatic heterocycles. The third kappa shape index (κ3) is 10.2. The van der Waals surface area contributed by atoms with Crippen LogP contribution < -0.4 is 0 Å². The molecule has 2 aliphatic carbocycles. The van der Waals surface area contributed by atoms with E-state index >= 15 is 0 Å². The zero-order valence-corrected chi connectivity index (χ0v) is 59.8. The maximum atomic E-state index is 2.43. The Kier molecular flexibility index (Phi) is 14.7. The molecule has 0 heteroatoms. The minimum Gasteiger partial charge on any atom is -0.0622 e. The van der Waals surface area contributed by atoms with E-state index in [0.717, 1.165) is 0 Å². The number of rotatable bonds is 8. The minimum absolute atomic E-state index is 0.0168. The summed E-state index contributed by atoms with van der Waals surface area (Å²) in [4.78, 5) is 0. The van der Waals surface area contributed by atoms with Gasteiger partial charge in [-0.25, -0.2) is 0 Å². The molecule has 0 unspecified atom stereocenters. The lowest BCUT2D eigenvalue weighted by molar-refractivity contribution is 0.660. The summed E-state index contributed by atoms with van der Waals surface area (Å²) in [5.74, 6) is 0. The Bertz CT molecular complexity index is 6670. The summed E-state index contributed by atoms with van der Waals surface area (Å²) in [6.45, 7) is 9.41. The molecular weight excluding hydrogens is 1270 g/mol. The number of benzene rings is 19. The van der Waals surface area contributed by atoms with Crippen molar-refractivity contribution >= 4 is 75.4 Å². The molecule has 0 saturated heterocycles. The summed E-state index contributed by atoms with van der Waals surface area (Å²) < 4.78 is 0. The lowest BCUT2D eigenvalue weighted by Crippen LogP contribution is -2.14. The first kappa shape index (κ1) is 62.8. The summed E-state index contributed by atoms with van der Waals surface area (Å²) in [5.41, 5.74) is 31.1. The van der Waals surface area contributed by atoms with Crippen molar-refractivity contribution in [3.8, 4) is 111 Å². The Morgan fingerprint density at radius 3 is 0.840 bits per heavy atom. The predicted molar refractivity (Wildman–Crippen MR) is 454 cm³/mol. The molecule has 0 N–H and O–H groups in total. The average molecular weight is 1350 g/mol. The molecule has 0 nitrogen and oxygen atoms in total. The van der Waals surface area contributed by atoms with Crippen LogP contribution in [0.4, 0.5) is 0 Å².